The van der Waals surface area contributed by atoms with Crippen molar-refractivity contribution in [1.82, 2.24) is 15.0 Å². The molecule has 0 aromatic rings. The van der Waals surface area contributed by atoms with Crippen molar-refractivity contribution in [1.29, 1.82) is 0 Å². The van der Waals surface area contributed by atoms with Crippen molar-refractivity contribution in [3.63, 3.8) is 0 Å². The molecule has 2 N–H and O–H groups in total. The van der Waals surface area contributed by atoms with E-state index >= 15 is 0 Å². The smallest absolute Gasteiger partial charge is 0.0682 e. The SMILES string of the molecule is BrN1C=CNN1. The Kier molecular flexibility index (Phi) is 0.979. The van der Waals surface area contributed by atoms with Crippen molar-refractivity contribution in [3.05, 3.63) is 12.4 Å². The van der Waals surface area contributed by atoms with Crippen molar-refractivity contribution in [3.8, 4) is 0 Å². The van der Waals surface area contributed by atoms with Crippen LogP contribution in [0.4, 0.5) is 0 Å². The van der Waals surface area contributed by atoms with Gasteiger partial charge in [0.1, 0.15) is 0 Å². The molecule has 0 atom stereocenters. The van der Waals surface area contributed by atoms with Crippen LogP contribution >= 0.6 is 16.1 Å². The monoisotopic (exact) mass is 149 g/mol. The standard InChI is InChI=1S/C2H4BrN3/c3-6-2-1-4-5-6/h1-2,4-5H. The van der Waals surface area contributed by atoms with Crippen LogP contribution in [-0.2, 0) is 0 Å². The molecule has 0 fully saturated rings. The van der Waals surface area contributed by atoms with Gasteiger partial charge < -0.3 is 5.43 Å². The Morgan fingerprint density at radius 2 is 2.50 bits per heavy atom. The lowest BCUT2D eigenvalue weighted by Crippen LogP contribution is -2.27. The molecule has 34 valence electrons. The van der Waals surface area contributed by atoms with Gasteiger partial charge in [-0.3, -0.25) is 0 Å². The molecule has 0 saturated heterocycles. The number of halogens is 1. The summed E-state index contributed by atoms with van der Waals surface area (Å²) in [7, 11) is 0. The van der Waals surface area contributed by atoms with E-state index in [0.717, 1.165) is 0 Å². The number of rotatable bonds is 0. The van der Waals surface area contributed by atoms with E-state index in [1.54, 1.807) is 16.4 Å². The van der Waals surface area contributed by atoms with Gasteiger partial charge in [0.05, 0.1) is 16.1 Å². The molecular formula is C2H4BrN3. The third-order valence-electron chi connectivity index (χ3n) is 0.460. The highest BCUT2D eigenvalue weighted by Crippen LogP contribution is 1.93. The second-order valence-corrected chi connectivity index (χ2v) is 1.65. The van der Waals surface area contributed by atoms with E-state index in [-0.39, 0.29) is 0 Å². The first-order chi connectivity index (χ1) is 2.89. The molecule has 0 bridgehead atoms. The molecule has 3 nitrogen and oxygen atoms in total. The summed E-state index contributed by atoms with van der Waals surface area (Å²) in [5.74, 6) is 0. The van der Waals surface area contributed by atoms with Crippen LogP contribution in [0.2, 0.25) is 0 Å². The number of nitrogens with zero attached hydrogens (tertiary/aromatic N) is 1. The Balaban J connectivity index is 2.38. The van der Waals surface area contributed by atoms with E-state index in [1.807, 2.05) is 0 Å². The second kappa shape index (κ2) is 1.49. The largest absolute Gasteiger partial charge is 0.309 e. The number of nitrogens with one attached hydrogen (secondary N) is 2. The van der Waals surface area contributed by atoms with Gasteiger partial charge in [0.15, 0.2) is 0 Å². The fourth-order valence-electron chi connectivity index (χ4n) is 0.239. The fraction of sp³-hybridized carbons (Fsp3) is 0. The van der Waals surface area contributed by atoms with Crippen molar-refractivity contribution < 1.29 is 0 Å². The van der Waals surface area contributed by atoms with Crippen molar-refractivity contribution in [2.75, 3.05) is 0 Å². The predicted octanol–water partition coefficient (Wildman–Crippen LogP) is 0.0923. The van der Waals surface area contributed by atoms with Gasteiger partial charge in [-0.15, -0.1) is 5.53 Å². The summed E-state index contributed by atoms with van der Waals surface area (Å²) >= 11 is 3.11. The normalized spacial score (nSPS) is 18.5. The lowest BCUT2D eigenvalue weighted by atomic mass is 11.0. The van der Waals surface area contributed by atoms with E-state index in [0.29, 0.717) is 0 Å². The molecular weight excluding hydrogens is 146 g/mol. The minimum Gasteiger partial charge on any atom is -0.309 e. The topological polar surface area (TPSA) is 27.3 Å². The molecule has 0 amide bonds. The molecule has 0 aromatic carbocycles. The van der Waals surface area contributed by atoms with Crippen LogP contribution in [0.5, 0.6) is 0 Å². The highest BCUT2D eigenvalue weighted by atomic mass is 79.9. The third kappa shape index (κ3) is 0.636. The van der Waals surface area contributed by atoms with E-state index in [9.17, 15) is 0 Å². The lowest BCUT2D eigenvalue weighted by Gasteiger charge is -2.00. The van der Waals surface area contributed by atoms with Crippen LogP contribution in [0.1, 0.15) is 0 Å². The maximum atomic E-state index is 3.11. The number of hydrogen-bond acceptors (Lipinski definition) is 3. The van der Waals surface area contributed by atoms with Gasteiger partial charge in [0.25, 0.3) is 0 Å². The second-order valence-electron chi connectivity index (χ2n) is 0.883. The number of hydrogen-bond donors (Lipinski definition) is 2. The lowest BCUT2D eigenvalue weighted by molar-refractivity contribution is 0.464. The summed E-state index contributed by atoms with van der Waals surface area (Å²) in [6.07, 6.45) is 3.58. The van der Waals surface area contributed by atoms with E-state index in [2.05, 4.69) is 27.1 Å². The Labute approximate surface area is 44.3 Å². The van der Waals surface area contributed by atoms with Crippen LogP contribution < -0.4 is 11.0 Å². The first-order valence-electron chi connectivity index (χ1n) is 1.52. The minimum atomic E-state index is 1.63. The van der Waals surface area contributed by atoms with Crippen LogP contribution in [0.15, 0.2) is 12.4 Å². The summed E-state index contributed by atoms with van der Waals surface area (Å²) in [6, 6.07) is 0. The van der Waals surface area contributed by atoms with Crippen molar-refractivity contribution >= 4 is 16.1 Å². The Hall–Kier alpha value is -0.220. The Morgan fingerprint density at radius 1 is 1.67 bits per heavy atom. The molecule has 0 radical (unpaired) electrons. The summed E-state index contributed by atoms with van der Waals surface area (Å²) in [4.78, 5) is 0. The van der Waals surface area contributed by atoms with Gasteiger partial charge in [-0.2, -0.15) is 0 Å². The molecule has 1 aliphatic heterocycles. The molecule has 1 aliphatic rings. The average molecular weight is 150 g/mol. The molecule has 0 aliphatic carbocycles. The molecule has 0 saturated carbocycles. The number of hydrazine groups is 2. The van der Waals surface area contributed by atoms with Gasteiger partial charge in [-0.1, -0.05) is 0 Å². The van der Waals surface area contributed by atoms with Gasteiger partial charge in [-0.25, -0.2) is 4.03 Å². The van der Waals surface area contributed by atoms with Crippen molar-refractivity contribution in [2.24, 2.45) is 0 Å². The summed E-state index contributed by atoms with van der Waals surface area (Å²) in [6.45, 7) is 0. The minimum absolute atomic E-state index is 1.63. The fourth-order valence-corrected chi connectivity index (χ4v) is 0.459. The van der Waals surface area contributed by atoms with E-state index < -0.39 is 0 Å². The van der Waals surface area contributed by atoms with Gasteiger partial charge in [0, 0.05) is 12.4 Å². The van der Waals surface area contributed by atoms with Crippen LogP contribution in [0, 0.1) is 0 Å². The molecule has 0 spiro atoms. The molecule has 1 heterocycles. The predicted molar refractivity (Wildman–Crippen MR) is 26.2 cm³/mol. The summed E-state index contributed by atoms with van der Waals surface area (Å²) in [5.41, 5.74) is 5.43. The van der Waals surface area contributed by atoms with E-state index in [4.69, 9.17) is 0 Å². The van der Waals surface area contributed by atoms with Gasteiger partial charge >= 0.3 is 0 Å². The molecule has 0 aromatic heterocycles. The summed E-state index contributed by atoms with van der Waals surface area (Å²) in [5, 5.41) is 0. The average Bonchev–Trinajstić information content (AvgIpc) is 1.86. The van der Waals surface area contributed by atoms with E-state index in [1.165, 1.54) is 0 Å². The van der Waals surface area contributed by atoms with Crippen molar-refractivity contribution in [2.45, 2.75) is 0 Å². The zero-order valence-electron chi connectivity index (χ0n) is 2.98. The molecule has 6 heavy (non-hydrogen) atoms. The Morgan fingerprint density at radius 3 is 2.67 bits per heavy atom. The zero-order valence-corrected chi connectivity index (χ0v) is 4.57. The third-order valence-corrected chi connectivity index (χ3v) is 0.874. The highest BCUT2D eigenvalue weighted by molar-refractivity contribution is 9.07. The molecule has 0 unspecified atom stereocenters. The maximum Gasteiger partial charge on any atom is 0.0682 e. The maximum absolute atomic E-state index is 3.11. The van der Waals surface area contributed by atoms with Crippen LogP contribution in [-0.4, -0.2) is 4.03 Å². The first-order valence-corrected chi connectivity index (χ1v) is 2.23. The Bertz CT molecular complexity index is 71.2. The highest BCUT2D eigenvalue weighted by Gasteiger charge is 1.91. The summed E-state index contributed by atoms with van der Waals surface area (Å²) < 4.78 is 1.63. The molecule has 1 rings (SSSR count). The molecule has 4 heteroatoms. The quantitative estimate of drug-likeness (QED) is 0.479. The van der Waals surface area contributed by atoms with Crippen LogP contribution in [0.3, 0.4) is 0 Å². The first kappa shape index (κ1) is 3.95. The van der Waals surface area contributed by atoms with Gasteiger partial charge in [-0.05, 0) is 0 Å². The van der Waals surface area contributed by atoms with Crippen LogP contribution in [0.25, 0.3) is 0 Å². The zero-order chi connectivity index (χ0) is 4.41. The van der Waals surface area contributed by atoms with Gasteiger partial charge in [0.2, 0.25) is 0 Å².